The fraction of sp³-hybridized carbons (Fsp3) is 0.263. The SMILES string of the molecule is O=C(CCC(=O)N1CCSc2ccccc21)NCc1ccccc1Br. The zero-order chi connectivity index (χ0) is 17.6. The average molecular weight is 419 g/mol. The van der Waals surface area contributed by atoms with Crippen LogP contribution in [0.2, 0.25) is 0 Å². The van der Waals surface area contributed by atoms with Gasteiger partial charge in [-0.25, -0.2) is 0 Å². The third kappa shape index (κ3) is 4.64. The van der Waals surface area contributed by atoms with Gasteiger partial charge in [0.2, 0.25) is 11.8 Å². The fourth-order valence-electron chi connectivity index (χ4n) is 2.71. The molecular weight excluding hydrogens is 400 g/mol. The summed E-state index contributed by atoms with van der Waals surface area (Å²) in [5.41, 5.74) is 1.97. The topological polar surface area (TPSA) is 49.4 Å². The van der Waals surface area contributed by atoms with Crippen molar-refractivity contribution in [3.05, 3.63) is 58.6 Å². The normalized spacial score (nSPS) is 13.2. The molecule has 2 amide bonds. The second-order valence-corrected chi connectivity index (χ2v) is 7.72. The largest absolute Gasteiger partial charge is 0.352 e. The highest BCUT2D eigenvalue weighted by atomic mass is 79.9. The minimum atomic E-state index is -0.108. The number of nitrogens with one attached hydrogen (secondary N) is 1. The molecule has 1 aliphatic heterocycles. The molecule has 0 radical (unpaired) electrons. The Kier molecular flexibility index (Phi) is 6.15. The number of halogens is 1. The standard InChI is InChI=1S/C19H19BrN2O2S/c20-15-6-2-1-5-14(15)13-21-18(23)9-10-19(24)22-11-12-25-17-8-4-3-7-16(17)22/h1-8H,9-13H2,(H,21,23). The predicted molar refractivity (Wildman–Crippen MR) is 105 cm³/mol. The van der Waals surface area contributed by atoms with Crippen LogP contribution in [-0.2, 0) is 16.1 Å². The Morgan fingerprint density at radius 3 is 2.68 bits per heavy atom. The van der Waals surface area contributed by atoms with E-state index in [4.69, 9.17) is 0 Å². The van der Waals surface area contributed by atoms with E-state index in [0.29, 0.717) is 13.1 Å². The number of hydrogen-bond donors (Lipinski definition) is 1. The molecule has 6 heteroatoms. The highest BCUT2D eigenvalue weighted by Gasteiger charge is 2.22. The molecule has 0 fully saturated rings. The Morgan fingerprint density at radius 1 is 1.08 bits per heavy atom. The maximum absolute atomic E-state index is 12.5. The predicted octanol–water partition coefficient (Wildman–Crippen LogP) is 3.98. The molecule has 1 N–H and O–H groups in total. The monoisotopic (exact) mass is 418 g/mol. The van der Waals surface area contributed by atoms with Crippen molar-refractivity contribution in [1.82, 2.24) is 5.32 Å². The number of rotatable bonds is 5. The third-order valence-corrected chi connectivity index (χ3v) is 5.85. The number of anilines is 1. The van der Waals surface area contributed by atoms with Crippen molar-refractivity contribution in [3.63, 3.8) is 0 Å². The highest BCUT2D eigenvalue weighted by molar-refractivity contribution is 9.10. The lowest BCUT2D eigenvalue weighted by Gasteiger charge is -2.29. The van der Waals surface area contributed by atoms with Gasteiger partial charge >= 0.3 is 0 Å². The summed E-state index contributed by atoms with van der Waals surface area (Å²) in [4.78, 5) is 27.5. The molecule has 0 unspecified atom stereocenters. The summed E-state index contributed by atoms with van der Waals surface area (Å²) in [5.74, 6) is 0.782. The number of fused-ring (bicyclic) bond motifs is 1. The van der Waals surface area contributed by atoms with Gasteiger partial charge in [-0.1, -0.05) is 46.3 Å². The fourth-order valence-corrected chi connectivity index (χ4v) is 4.13. The molecule has 0 aliphatic carbocycles. The van der Waals surface area contributed by atoms with Crippen LogP contribution in [0.25, 0.3) is 0 Å². The van der Waals surface area contributed by atoms with E-state index in [-0.39, 0.29) is 24.7 Å². The van der Waals surface area contributed by atoms with Gasteiger partial charge in [-0.3, -0.25) is 9.59 Å². The van der Waals surface area contributed by atoms with Crippen LogP contribution < -0.4 is 10.2 Å². The molecule has 0 saturated carbocycles. The smallest absolute Gasteiger partial charge is 0.227 e. The van der Waals surface area contributed by atoms with Crippen LogP contribution in [-0.4, -0.2) is 24.1 Å². The number of thioether (sulfide) groups is 1. The molecule has 0 aromatic heterocycles. The van der Waals surface area contributed by atoms with Crippen molar-refractivity contribution < 1.29 is 9.59 Å². The minimum absolute atomic E-state index is 0.00351. The minimum Gasteiger partial charge on any atom is -0.352 e. The summed E-state index contributed by atoms with van der Waals surface area (Å²) in [6, 6.07) is 15.7. The number of amides is 2. The summed E-state index contributed by atoms with van der Waals surface area (Å²) in [5, 5.41) is 2.87. The molecule has 0 spiro atoms. The Labute approximate surface area is 160 Å². The second kappa shape index (κ2) is 8.54. The van der Waals surface area contributed by atoms with Crippen molar-refractivity contribution in [1.29, 1.82) is 0 Å². The van der Waals surface area contributed by atoms with E-state index in [1.165, 1.54) is 0 Å². The van der Waals surface area contributed by atoms with E-state index < -0.39 is 0 Å². The summed E-state index contributed by atoms with van der Waals surface area (Å²) in [6.45, 7) is 1.15. The molecule has 0 atom stereocenters. The number of carbonyl (C=O) groups excluding carboxylic acids is 2. The van der Waals surface area contributed by atoms with Crippen molar-refractivity contribution in [2.75, 3.05) is 17.2 Å². The Hall–Kier alpha value is -1.79. The first-order valence-electron chi connectivity index (χ1n) is 8.17. The molecule has 3 rings (SSSR count). The van der Waals surface area contributed by atoms with Crippen LogP contribution in [0, 0.1) is 0 Å². The van der Waals surface area contributed by atoms with Gasteiger partial charge in [0.05, 0.1) is 5.69 Å². The summed E-state index contributed by atoms with van der Waals surface area (Å²) >= 11 is 5.23. The molecular formula is C19H19BrN2O2S. The van der Waals surface area contributed by atoms with Crippen LogP contribution in [0.3, 0.4) is 0 Å². The van der Waals surface area contributed by atoms with E-state index in [2.05, 4.69) is 21.2 Å². The molecule has 4 nitrogen and oxygen atoms in total. The van der Waals surface area contributed by atoms with Gasteiger partial charge in [-0.05, 0) is 23.8 Å². The van der Waals surface area contributed by atoms with Crippen molar-refractivity contribution in [2.45, 2.75) is 24.3 Å². The molecule has 0 saturated heterocycles. The molecule has 25 heavy (non-hydrogen) atoms. The van der Waals surface area contributed by atoms with Crippen LogP contribution in [0.4, 0.5) is 5.69 Å². The van der Waals surface area contributed by atoms with Crippen molar-refractivity contribution in [3.8, 4) is 0 Å². The number of hydrogen-bond acceptors (Lipinski definition) is 3. The quantitative estimate of drug-likeness (QED) is 0.798. The van der Waals surface area contributed by atoms with Crippen LogP contribution in [0.5, 0.6) is 0 Å². The lowest BCUT2D eigenvalue weighted by molar-refractivity contribution is -0.125. The maximum Gasteiger partial charge on any atom is 0.227 e. The van der Waals surface area contributed by atoms with Gasteiger partial charge in [-0.15, -0.1) is 11.8 Å². The summed E-state index contributed by atoms with van der Waals surface area (Å²) in [6.07, 6.45) is 0.426. The zero-order valence-corrected chi connectivity index (χ0v) is 16.1. The first kappa shape index (κ1) is 18.0. The number of nitrogens with zero attached hydrogens (tertiary/aromatic N) is 1. The molecule has 2 aromatic carbocycles. The van der Waals surface area contributed by atoms with Crippen molar-refractivity contribution in [2.24, 2.45) is 0 Å². The van der Waals surface area contributed by atoms with E-state index in [1.54, 1.807) is 16.7 Å². The lowest BCUT2D eigenvalue weighted by atomic mass is 10.2. The van der Waals surface area contributed by atoms with E-state index in [1.807, 2.05) is 48.5 Å². The third-order valence-electron chi connectivity index (χ3n) is 4.03. The number of para-hydroxylation sites is 1. The van der Waals surface area contributed by atoms with Gasteiger partial charge < -0.3 is 10.2 Å². The first-order valence-corrected chi connectivity index (χ1v) is 9.95. The molecule has 0 bridgehead atoms. The van der Waals surface area contributed by atoms with Crippen molar-refractivity contribution >= 4 is 45.2 Å². The van der Waals surface area contributed by atoms with Crippen LogP contribution in [0.1, 0.15) is 18.4 Å². The van der Waals surface area contributed by atoms with E-state index >= 15 is 0 Å². The molecule has 1 aliphatic rings. The van der Waals surface area contributed by atoms with Crippen LogP contribution >= 0.6 is 27.7 Å². The maximum atomic E-state index is 12.5. The molecule has 130 valence electrons. The Bertz CT molecular complexity index is 782. The summed E-state index contributed by atoms with van der Waals surface area (Å²) < 4.78 is 0.966. The number of benzene rings is 2. The van der Waals surface area contributed by atoms with Crippen LogP contribution in [0.15, 0.2) is 57.9 Å². The lowest BCUT2D eigenvalue weighted by Crippen LogP contribution is -2.36. The highest BCUT2D eigenvalue weighted by Crippen LogP contribution is 2.34. The van der Waals surface area contributed by atoms with Gasteiger partial charge in [0.1, 0.15) is 0 Å². The summed E-state index contributed by atoms with van der Waals surface area (Å²) in [7, 11) is 0. The van der Waals surface area contributed by atoms with Gasteiger partial charge in [-0.2, -0.15) is 0 Å². The molecule has 1 heterocycles. The van der Waals surface area contributed by atoms with Gasteiger partial charge in [0, 0.05) is 41.1 Å². The zero-order valence-electron chi connectivity index (χ0n) is 13.7. The van der Waals surface area contributed by atoms with E-state index in [0.717, 1.165) is 26.4 Å². The van der Waals surface area contributed by atoms with Gasteiger partial charge in [0.25, 0.3) is 0 Å². The average Bonchev–Trinajstić information content (AvgIpc) is 2.65. The Morgan fingerprint density at radius 2 is 1.84 bits per heavy atom. The molecule has 2 aromatic rings. The van der Waals surface area contributed by atoms with Gasteiger partial charge in [0.15, 0.2) is 0 Å². The van der Waals surface area contributed by atoms with E-state index in [9.17, 15) is 9.59 Å². The first-order chi connectivity index (χ1) is 12.1. The Balaban J connectivity index is 1.51. The second-order valence-electron chi connectivity index (χ2n) is 5.73. The number of carbonyl (C=O) groups is 2.